The van der Waals surface area contributed by atoms with Crippen LogP contribution in [0.1, 0.15) is 32.6 Å². The van der Waals surface area contributed by atoms with Crippen LogP contribution in [0.25, 0.3) is 22.3 Å². The summed E-state index contributed by atoms with van der Waals surface area (Å²) in [6, 6.07) is 16.9. The van der Waals surface area contributed by atoms with E-state index in [-0.39, 0.29) is 5.43 Å². The summed E-state index contributed by atoms with van der Waals surface area (Å²) < 4.78 is 5.87. The maximum Gasteiger partial charge on any atom is 0.193 e. The molecular weight excluding hydrogens is 298 g/mol. The molecule has 0 amide bonds. The Kier molecular flexibility index (Phi) is 5.32. The molecule has 1 N–H and O–H groups in total. The summed E-state index contributed by atoms with van der Waals surface area (Å²) in [6.45, 7) is 3.21. The van der Waals surface area contributed by atoms with E-state index in [0.29, 0.717) is 16.7 Å². The molecule has 0 atom stereocenters. The van der Waals surface area contributed by atoms with E-state index in [9.17, 15) is 4.79 Å². The summed E-state index contributed by atoms with van der Waals surface area (Å²) in [5, 5.41) is 4.05. The number of unbranched alkanes of at least 4 members (excludes halogenated alkanes) is 3. The molecule has 24 heavy (non-hydrogen) atoms. The highest BCUT2D eigenvalue weighted by Gasteiger charge is 2.06. The van der Waals surface area contributed by atoms with E-state index in [4.69, 9.17) is 4.42 Å². The minimum Gasteiger partial charge on any atom is -0.456 e. The lowest BCUT2D eigenvalue weighted by Crippen LogP contribution is -2.01. The Hall–Kier alpha value is -2.55. The van der Waals surface area contributed by atoms with Gasteiger partial charge in [0.15, 0.2) is 5.43 Å². The average molecular weight is 321 g/mol. The van der Waals surface area contributed by atoms with Crippen molar-refractivity contribution >= 4 is 16.7 Å². The van der Waals surface area contributed by atoms with Crippen molar-refractivity contribution in [1.82, 2.24) is 0 Å². The van der Waals surface area contributed by atoms with E-state index in [1.165, 1.54) is 25.7 Å². The monoisotopic (exact) mass is 321 g/mol. The Morgan fingerprint density at radius 3 is 2.54 bits per heavy atom. The van der Waals surface area contributed by atoms with Crippen LogP contribution in [-0.4, -0.2) is 6.54 Å². The molecule has 0 spiro atoms. The van der Waals surface area contributed by atoms with Crippen LogP contribution in [0.3, 0.4) is 0 Å². The first kappa shape index (κ1) is 16.3. The summed E-state index contributed by atoms with van der Waals surface area (Å²) in [5.74, 6) is 0.605. The zero-order chi connectivity index (χ0) is 16.8. The number of anilines is 1. The highest BCUT2D eigenvalue weighted by atomic mass is 16.3. The smallest absolute Gasteiger partial charge is 0.193 e. The van der Waals surface area contributed by atoms with Gasteiger partial charge in [0, 0.05) is 23.9 Å². The van der Waals surface area contributed by atoms with Gasteiger partial charge in [-0.25, -0.2) is 0 Å². The minimum atomic E-state index is -0.00928. The van der Waals surface area contributed by atoms with Crippen molar-refractivity contribution in [3.8, 4) is 11.3 Å². The van der Waals surface area contributed by atoms with Crippen LogP contribution in [0.4, 0.5) is 5.69 Å². The first-order valence-electron chi connectivity index (χ1n) is 8.65. The Bertz CT molecular complexity index is 850. The molecular formula is C21H23NO2. The second-order valence-corrected chi connectivity index (χ2v) is 6.04. The summed E-state index contributed by atoms with van der Waals surface area (Å²) in [7, 11) is 0. The molecule has 3 aromatic rings. The van der Waals surface area contributed by atoms with Crippen LogP contribution in [-0.2, 0) is 0 Å². The van der Waals surface area contributed by atoms with Gasteiger partial charge in [-0.15, -0.1) is 0 Å². The van der Waals surface area contributed by atoms with E-state index < -0.39 is 0 Å². The lowest BCUT2D eigenvalue weighted by molar-refractivity contribution is 0.619. The predicted molar refractivity (Wildman–Crippen MR) is 101 cm³/mol. The molecule has 3 nitrogen and oxygen atoms in total. The number of benzene rings is 2. The van der Waals surface area contributed by atoms with Crippen LogP contribution in [0.5, 0.6) is 0 Å². The van der Waals surface area contributed by atoms with Crippen molar-refractivity contribution in [3.05, 3.63) is 64.8 Å². The van der Waals surface area contributed by atoms with E-state index >= 15 is 0 Å². The molecule has 1 heterocycles. The molecule has 0 unspecified atom stereocenters. The molecule has 0 aliphatic heterocycles. The standard InChI is InChI=1S/C21H23NO2/c1-2-3-4-7-14-22-17-12-10-16(11-13-17)21-15-19(23)18-8-5-6-9-20(18)24-21/h5-6,8-13,15,22H,2-4,7,14H2,1H3. The van der Waals surface area contributed by atoms with Crippen molar-refractivity contribution in [3.63, 3.8) is 0 Å². The summed E-state index contributed by atoms with van der Waals surface area (Å²) in [6.07, 6.45) is 5.01. The normalized spacial score (nSPS) is 10.9. The molecule has 0 radical (unpaired) electrons. The van der Waals surface area contributed by atoms with Gasteiger partial charge >= 0.3 is 0 Å². The average Bonchev–Trinajstić information content (AvgIpc) is 2.62. The summed E-state index contributed by atoms with van der Waals surface area (Å²) in [4.78, 5) is 12.2. The van der Waals surface area contributed by atoms with E-state index in [1.807, 2.05) is 42.5 Å². The van der Waals surface area contributed by atoms with Crippen LogP contribution >= 0.6 is 0 Å². The summed E-state index contributed by atoms with van der Waals surface area (Å²) >= 11 is 0. The molecule has 0 saturated carbocycles. The first-order valence-corrected chi connectivity index (χ1v) is 8.65. The SMILES string of the molecule is CCCCCCNc1ccc(-c2cc(=O)c3ccccc3o2)cc1. The van der Waals surface area contributed by atoms with Crippen LogP contribution in [0.15, 0.2) is 63.8 Å². The quantitative estimate of drug-likeness (QED) is 0.588. The molecule has 1 aromatic heterocycles. The molecule has 0 saturated heterocycles. The maximum absolute atomic E-state index is 12.2. The number of hydrogen-bond acceptors (Lipinski definition) is 3. The second kappa shape index (κ2) is 7.82. The van der Waals surface area contributed by atoms with Gasteiger partial charge in [-0.3, -0.25) is 4.79 Å². The van der Waals surface area contributed by atoms with Crippen LogP contribution in [0, 0.1) is 0 Å². The largest absolute Gasteiger partial charge is 0.456 e. The zero-order valence-corrected chi connectivity index (χ0v) is 14.0. The Morgan fingerprint density at radius 1 is 0.958 bits per heavy atom. The van der Waals surface area contributed by atoms with Crippen LogP contribution in [0.2, 0.25) is 0 Å². The number of para-hydroxylation sites is 1. The van der Waals surface area contributed by atoms with Crippen molar-refractivity contribution in [2.75, 3.05) is 11.9 Å². The van der Waals surface area contributed by atoms with Crippen LogP contribution < -0.4 is 10.7 Å². The molecule has 3 rings (SSSR count). The van der Waals surface area contributed by atoms with Crippen molar-refractivity contribution in [2.45, 2.75) is 32.6 Å². The van der Waals surface area contributed by atoms with Crippen molar-refractivity contribution in [1.29, 1.82) is 0 Å². The topological polar surface area (TPSA) is 42.2 Å². The Labute approximate surface area is 142 Å². The second-order valence-electron chi connectivity index (χ2n) is 6.04. The summed E-state index contributed by atoms with van der Waals surface area (Å²) in [5.41, 5.74) is 2.62. The van der Waals surface area contributed by atoms with Crippen molar-refractivity contribution in [2.24, 2.45) is 0 Å². The number of hydrogen-bond donors (Lipinski definition) is 1. The number of rotatable bonds is 7. The lowest BCUT2D eigenvalue weighted by Gasteiger charge is -2.07. The van der Waals surface area contributed by atoms with E-state index in [1.54, 1.807) is 12.1 Å². The maximum atomic E-state index is 12.2. The molecule has 124 valence electrons. The van der Waals surface area contributed by atoms with Gasteiger partial charge in [-0.05, 0) is 42.8 Å². The van der Waals surface area contributed by atoms with Gasteiger partial charge in [0.25, 0.3) is 0 Å². The highest BCUT2D eigenvalue weighted by molar-refractivity contribution is 5.78. The fourth-order valence-corrected chi connectivity index (χ4v) is 2.78. The molecule has 0 aliphatic carbocycles. The Morgan fingerprint density at radius 2 is 1.75 bits per heavy atom. The van der Waals surface area contributed by atoms with E-state index in [0.717, 1.165) is 17.8 Å². The third kappa shape index (κ3) is 3.85. The molecule has 2 aromatic carbocycles. The van der Waals surface area contributed by atoms with Gasteiger partial charge in [-0.1, -0.05) is 38.3 Å². The third-order valence-corrected chi connectivity index (χ3v) is 4.16. The lowest BCUT2D eigenvalue weighted by atomic mass is 10.1. The molecule has 0 fully saturated rings. The zero-order valence-electron chi connectivity index (χ0n) is 14.0. The number of fused-ring (bicyclic) bond motifs is 1. The van der Waals surface area contributed by atoms with Gasteiger partial charge in [0.1, 0.15) is 11.3 Å². The first-order chi connectivity index (χ1) is 11.8. The molecule has 3 heteroatoms. The van der Waals surface area contributed by atoms with Gasteiger partial charge in [0.05, 0.1) is 5.39 Å². The highest BCUT2D eigenvalue weighted by Crippen LogP contribution is 2.23. The predicted octanol–water partition coefficient (Wildman–Crippen LogP) is 5.45. The number of nitrogens with one attached hydrogen (secondary N) is 1. The fraction of sp³-hybridized carbons (Fsp3) is 0.286. The van der Waals surface area contributed by atoms with Gasteiger partial charge in [-0.2, -0.15) is 0 Å². The molecule has 0 aliphatic rings. The fourth-order valence-electron chi connectivity index (χ4n) is 2.78. The Balaban J connectivity index is 1.73. The minimum absolute atomic E-state index is 0.00928. The van der Waals surface area contributed by atoms with Gasteiger partial charge in [0.2, 0.25) is 0 Å². The molecule has 0 bridgehead atoms. The van der Waals surface area contributed by atoms with Gasteiger partial charge < -0.3 is 9.73 Å². The third-order valence-electron chi connectivity index (χ3n) is 4.16. The van der Waals surface area contributed by atoms with Crippen molar-refractivity contribution < 1.29 is 4.42 Å². The van der Waals surface area contributed by atoms with E-state index in [2.05, 4.69) is 12.2 Å².